The van der Waals surface area contributed by atoms with E-state index in [0.717, 1.165) is 68.0 Å². The number of aromatic nitrogens is 5. The van der Waals surface area contributed by atoms with Crippen LogP contribution in [0.3, 0.4) is 0 Å². The summed E-state index contributed by atoms with van der Waals surface area (Å²) in [6.07, 6.45) is 3.73. The summed E-state index contributed by atoms with van der Waals surface area (Å²) in [4.78, 5) is 26.2. The zero-order chi connectivity index (χ0) is 24.2. The number of nitrogens with zero attached hydrogens (tertiary/aromatic N) is 8. The minimum Gasteiger partial charge on any atom is -0.367 e. The molecule has 0 aromatic carbocycles. The molecule has 0 atom stereocenters. The third-order valence-corrected chi connectivity index (χ3v) is 6.49. The number of fused-ring (bicyclic) bond motifs is 1. The Morgan fingerprint density at radius 1 is 0.912 bits per heavy atom. The van der Waals surface area contributed by atoms with Crippen LogP contribution in [0.1, 0.15) is 47.6 Å². The van der Waals surface area contributed by atoms with Crippen LogP contribution in [-0.2, 0) is 0 Å². The van der Waals surface area contributed by atoms with Gasteiger partial charge in [-0.15, -0.1) is 0 Å². The minimum absolute atomic E-state index is 0.277. The highest BCUT2D eigenvalue weighted by Crippen LogP contribution is 2.26. The van der Waals surface area contributed by atoms with Crippen molar-refractivity contribution in [2.24, 2.45) is 0 Å². The van der Waals surface area contributed by atoms with Gasteiger partial charge in [0.25, 0.3) is 0 Å². The van der Waals surface area contributed by atoms with Gasteiger partial charge >= 0.3 is 0 Å². The summed E-state index contributed by atoms with van der Waals surface area (Å²) in [6, 6.07) is 7.34. The lowest BCUT2D eigenvalue weighted by molar-refractivity contribution is 0.182. The molecule has 1 saturated heterocycles. The van der Waals surface area contributed by atoms with Gasteiger partial charge in [0.15, 0.2) is 17.0 Å². The molecule has 34 heavy (non-hydrogen) atoms. The van der Waals surface area contributed by atoms with Crippen molar-refractivity contribution in [3.63, 3.8) is 0 Å². The summed E-state index contributed by atoms with van der Waals surface area (Å²) >= 11 is 0. The highest BCUT2D eigenvalue weighted by molar-refractivity contribution is 5.84. The SMILES string of the molecule is CC(C)N(CCNc1nc(N2CCN(c3ccccn3)CC2)nc2c1ncn2C(C)C)C(C)C. The van der Waals surface area contributed by atoms with E-state index in [1.807, 2.05) is 24.7 Å². The van der Waals surface area contributed by atoms with Crippen LogP contribution in [0.4, 0.5) is 17.6 Å². The van der Waals surface area contributed by atoms with E-state index < -0.39 is 0 Å². The molecule has 3 aromatic heterocycles. The van der Waals surface area contributed by atoms with Gasteiger partial charge < -0.3 is 19.7 Å². The first-order chi connectivity index (χ1) is 16.3. The molecular formula is C25H39N9. The van der Waals surface area contributed by atoms with Gasteiger partial charge in [-0.1, -0.05) is 6.07 Å². The van der Waals surface area contributed by atoms with Crippen molar-refractivity contribution >= 4 is 28.7 Å². The number of hydrogen-bond donors (Lipinski definition) is 1. The molecule has 0 radical (unpaired) electrons. The van der Waals surface area contributed by atoms with Crippen LogP contribution in [0, 0.1) is 0 Å². The Kier molecular flexibility index (Phi) is 7.50. The van der Waals surface area contributed by atoms with Crippen LogP contribution in [-0.4, -0.2) is 80.8 Å². The number of anilines is 3. The van der Waals surface area contributed by atoms with Crippen molar-refractivity contribution in [2.75, 3.05) is 54.4 Å². The summed E-state index contributed by atoms with van der Waals surface area (Å²) in [5.74, 6) is 2.61. The van der Waals surface area contributed by atoms with E-state index in [9.17, 15) is 0 Å². The quantitative estimate of drug-likeness (QED) is 0.513. The molecule has 0 unspecified atom stereocenters. The molecule has 0 spiro atoms. The van der Waals surface area contributed by atoms with E-state index in [0.29, 0.717) is 12.1 Å². The monoisotopic (exact) mass is 465 g/mol. The molecular weight excluding hydrogens is 426 g/mol. The summed E-state index contributed by atoms with van der Waals surface area (Å²) in [7, 11) is 0. The van der Waals surface area contributed by atoms with Crippen LogP contribution in [0.25, 0.3) is 11.2 Å². The molecule has 4 heterocycles. The van der Waals surface area contributed by atoms with Crippen molar-refractivity contribution < 1.29 is 0 Å². The average molecular weight is 466 g/mol. The van der Waals surface area contributed by atoms with Gasteiger partial charge in [-0.3, -0.25) is 4.90 Å². The zero-order valence-corrected chi connectivity index (χ0v) is 21.4. The molecule has 184 valence electrons. The van der Waals surface area contributed by atoms with E-state index in [4.69, 9.17) is 9.97 Å². The number of nitrogens with one attached hydrogen (secondary N) is 1. The fourth-order valence-electron chi connectivity index (χ4n) is 4.64. The van der Waals surface area contributed by atoms with Crippen molar-refractivity contribution in [3.05, 3.63) is 30.7 Å². The first-order valence-electron chi connectivity index (χ1n) is 12.5. The maximum Gasteiger partial charge on any atom is 0.229 e. The van der Waals surface area contributed by atoms with Crippen LogP contribution in [0.5, 0.6) is 0 Å². The van der Waals surface area contributed by atoms with Gasteiger partial charge in [0, 0.05) is 63.6 Å². The second-order valence-corrected chi connectivity index (χ2v) is 9.80. The molecule has 1 aliphatic heterocycles. The summed E-state index contributed by atoms with van der Waals surface area (Å²) in [5, 5.41) is 3.58. The van der Waals surface area contributed by atoms with Crippen LogP contribution < -0.4 is 15.1 Å². The average Bonchev–Trinajstić information content (AvgIpc) is 3.26. The smallest absolute Gasteiger partial charge is 0.229 e. The number of hydrogen-bond acceptors (Lipinski definition) is 8. The van der Waals surface area contributed by atoms with Crippen molar-refractivity contribution in [2.45, 2.75) is 59.7 Å². The number of pyridine rings is 1. The maximum absolute atomic E-state index is 4.97. The lowest BCUT2D eigenvalue weighted by Gasteiger charge is -2.35. The third kappa shape index (κ3) is 5.24. The fraction of sp³-hybridized carbons (Fsp3) is 0.600. The zero-order valence-electron chi connectivity index (χ0n) is 21.4. The van der Waals surface area contributed by atoms with Gasteiger partial charge in [-0.2, -0.15) is 9.97 Å². The number of piperazine rings is 1. The Balaban J connectivity index is 1.54. The van der Waals surface area contributed by atoms with Gasteiger partial charge in [0.2, 0.25) is 5.95 Å². The van der Waals surface area contributed by atoms with Crippen LogP contribution in [0.15, 0.2) is 30.7 Å². The molecule has 1 fully saturated rings. The molecule has 3 aromatic rings. The highest BCUT2D eigenvalue weighted by atomic mass is 15.3. The Bertz CT molecular complexity index is 1040. The maximum atomic E-state index is 4.97. The Morgan fingerprint density at radius 3 is 2.24 bits per heavy atom. The van der Waals surface area contributed by atoms with Gasteiger partial charge in [0.1, 0.15) is 5.82 Å². The first-order valence-corrected chi connectivity index (χ1v) is 12.5. The summed E-state index contributed by atoms with van der Waals surface area (Å²) in [6.45, 7) is 18.5. The Hall–Kier alpha value is -2.94. The lowest BCUT2D eigenvalue weighted by atomic mass is 10.2. The van der Waals surface area contributed by atoms with Crippen LogP contribution in [0.2, 0.25) is 0 Å². The molecule has 0 bridgehead atoms. The van der Waals surface area contributed by atoms with Crippen molar-refractivity contribution in [3.8, 4) is 0 Å². The van der Waals surface area contributed by atoms with E-state index in [-0.39, 0.29) is 6.04 Å². The molecule has 0 amide bonds. The molecule has 0 aliphatic carbocycles. The van der Waals surface area contributed by atoms with E-state index in [1.165, 1.54) is 0 Å². The van der Waals surface area contributed by atoms with E-state index in [1.54, 1.807) is 0 Å². The van der Waals surface area contributed by atoms with Gasteiger partial charge in [-0.05, 0) is 53.7 Å². The molecule has 9 heteroatoms. The standard InChI is InChI=1S/C25H39N9/c1-18(2)33(19(3)4)12-11-27-23-22-24(34(17-28-22)20(5)6)30-25(29-23)32-15-13-31(14-16-32)21-9-7-8-10-26-21/h7-10,17-20H,11-16H2,1-6H3,(H,27,29,30). The molecule has 4 rings (SSSR count). The molecule has 0 saturated carbocycles. The van der Waals surface area contributed by atoms with Crippen LogP contribution >= 0.6 is 0 Å². The summed E-state index contributed by atoms with van der Waals surface area (Å²) in [5.41, 5.74) is 1.73. The number of rotatable bonds is 9. The first kappa shape index (κ1) is 24.2. The molecule has 9 nitrogen and oxygen atoms in total. The third-order valence-electron chi connectivity index (χ3n) is 6.49. The Morgan fingerprint density at radius 2 is 1.62 bits per heavy atom. The molecule has 1 aliphatic rings. The minimum atomic E-state index is 0.277. The van der Waals surface area contributed by atoms with E-state index in [2.05, 4.69) is 82.2 Å². The second kappa shape index (κ2) is 10.5. The topological polar surface area (TPSA) is 78.2 Å². The Labute approximate surface area is 203 Å². The van der Waals surface area contributed by atoms with E-state index >= 15 is 0 Å². The van der Waals surface area contributed by atoms with Gasteiger partial charge in [-0.25, -0.2) is 9.97 Å². The molecule has 1 N–H and O–H groups in total. The predicted octanol–water partition coefficient (Wildman–Crippen LogP) is 3.66. The summed E-state index contributed by atoms with van der Waals surface area (Å²) < 4.78 is 2.13. The lowest BCUT2D eigenvalue weighted by Crippen LogP contribution is -2.47. The van der Waals surface area contributed by atoms with Crippen molar-refractivity contribution in [1.29, 1.82) is 0 Å². The largest absolute Gasteiger partial charge is 0.367 e. The van der Waals surface area contributed by atoms with Gasteiger partial charge in [0.05, 0.1) is 6.33 Å². The number of imidazole rings is 1. The normalized spacial score (nSPS) is 14.9. The predicted molar refractivity (Wildman–Crippen MR) is 140 cm³/mol. The highest BCUT2D eigenvalue weighted by Gasteiger charge is 2.23. The van der Waals surface area contributed by atoms with Crippen molar-refractivity contribution in [1.82, 2.24) is 29.4 Å². The fourth-order valence-corrected chi connectivity index (χ4v) is 4.64. The second-order valence-electron chi connectivity index (χ2n) is 9.80.